The molecule has 0 saturated heterocycles. The van der Waals surface area contributed by atoms with Gasteiger partial charge in [-0.15, -0.1) is 0 Å². The lowest BCUT2D eigenvalue weighted by molar-refractivity contribution is 0.471. The molecule has 3 rings (SSSR count). The maximum absolute atomic E-state index is 12.7. The van der Waals surface area contributed by atoms with E-state index in [1.54, 1.807) is 25.5 Å². The van der Waals surface area contributed by atoms with Crippen molar-refractivity contribution in [1.29, 1.82) is 0 Å². The summed E-state index contributed by atoms with van der Waals surface area (Å²) in [6, 6.07) is 11.6. The first kappa shape index (κ1) is 14.9. The van der Waals surface area contributed by atoms with Crippen molar-refractivity contribution in [3.63, 3.8) is 0 Å². The van der Waals surface area contributed by atoms with E-state index in [4.69, 9.17) is 0 Å². The van der Waals surface area contributed by atoms with Crippen LogP contribution >= 0.6 is 0 Å². The van der Waals surface area contributed by atoms with Crippen molar-refractivity contribution in [3.8, 4) is 0 Å². The highest BCUT2D eigenvalue weighted by Gasteiger charge is 2.26. The van der Waals surface area contributed by atoms with Crippen LogP contribution in [0.1, 0.15) is 23.1 Å². The van der Waals surface area contributed by atoms with Crippen molar-refractivity contribution >= 4 is 16.1 Å². The Kier molecular flexibility index (Phi) is 4.09. The van der Waals surface area contributed by atoms with E-state index >= 15 is 0 Å². The molecule has 0 saturated carbocycles. The van der Waals surface area contributed by atoms with Gasteiger partial charge in [-0.05, 0) is 41.7 Å². The molecule has 1 heterocycles. The van der Waals surface area contributed by atoms with Crippen LogP contribution in [0.3, 0.4) is 0 Å². The summed E-state index contributed by atoms with van der Waals surface area (Å²) in [4.78, 5) is 4.51. The molecule has 1 aromatic heterocycles. The molecule has 0 N–H and O–H groups in total. The van der Waals surface area contributed by atoms with Crippen molar-refractivity contribution in [2.75, 3.05) is 7.05 Å². The standard InChI is InChI=1S/C17H18N2O2S/c1-19(13-14-5-4-10-18-12-14)22(20,21)17-9-8-15-6-2-3-7-16(15)11-17/h2-7,10-12H,8-9,13H2,1H3. The summed E-state index contributed by atoms with van der Waals surface area (Å²) >= 11 is 0. The Balaban J connectivity index is 1.86. The van der Waals surface area contributed by atoms with Crippen molar-refractivity contribution in [3.05, 3.63) is 70.4 Å². The topological polar surface area (TPSA) is 50.3 Å². The zero-order valence-electron chi connectivity index (χ0n) is 12.4. The predicted octanol–water partition coefficient (Wildman–Crippen LogP) is 2.83. The largest absolute Gasteiger partial charge is 0.264 e. The number of aryl methyl sites for hydroxylation is 1. The van der Waals surface area contributed by atoms with E-state index in [2.05, 4.69) is 11.1 Å². The van der Waals surface area contributed by atoms with Gasteiger partial charge in [0.25, 0.3) is 0 Å². The molecule has 0 atom stereocenters. The second-order valence-electron chi connectivity index (χ2n) is 5.43. The lowest BCUT2D eigenvalue weighted by atomic mass is 9.98. The summed E-state index contributed by atoms with van der Waals surface area (Å²) in [7, 11) is -1.82. The van der Waals surface area contributed by atoms with Gasteiger partial charge in [-0.2, -0.15) is 4.31 Å². The summed E-state index contributed by atoms with van der Waals surface area (Å²) in [5, 5.41) is 0. The van der Waals surface area contributed by atoms with E-state index in [1.165, 1.54) is 9.87 Å². The first-order valence-corrected chi connectivity index (χ1v) is 8.65. The molecule has 0 radical (unpaired) electrons. The van der Waals surface area contributed by atoms with Crippen LogP contribution in [0.15, 0.2) is 53.7 Å². The van der Waals surface area contributed by atoms with Gasteiger partial charge in [-0.3, -0.25) is 4.98 Å². The van der Waals surface area contributed by atoms with Crippen LogP contribution in [-0.4, -0.2) is 24.8 Å². The zero-order chi connectivity index (χ0) is 15.6. The van der Waals surface area contributed by atoms with Crippen LogP contribution in [0.25, 0.3) is 6.08 Å². The van der Waals surface area contributed by atoms with Gasteiger partial charge in [0.2, 0.25) is 10.0 Å². The van der Waals surface area contributed by atoms with Crippen LogP contribution < -0.4 is 0 Å². The SMILES string of the molecule is CN(Cc1cccnc1)S(=O)(=O)C1=Cc2ccccc2CC1. The third-order valence-electron chi connectivity index (χ3n) is 3.88. The maximum Gasteiger partial charge on any atom is 0.239 e. The Bertz CT molecular complexity index is 798. The van der Waals surface area contributed by atoms with Crippen molar-refractivity contribution < 1.29 is 8.42 Å². The molecule has 0 fully saturated rings. The van der Waals surface area contributed by atoms with E-state index in [9.17, 15) is 8.42 Å². The average molecular weight is 314 g/mol. The molecule has 0 bridgehead atoms. The highest BCUT2D eigenvalue weighted by atomic mass is 32.2. The first-order chi connectivity index (χ1) is 10.6. The lowest BCUT2D eigenvalue weighted by Gasteiger charge is -2.22. The van der Waals surface area contributed by atoms with Gasteiger partial charge in [0, 0.05) is 26.0 Å². The molecule has 1 aliphatic carbocycles. The normalized spacial score (nSPS) is 14.5. The highest BCUT2D eigenvalue weighted by Crippen LogP contribution is 2.28. The van der Waals surface area contributed by atoms with Crippen molar-refractivity contribution in [1.82, 2.24) is 9.29 Å². The number of rotatable bonds is 4. The number of benzene rings is 1. The first-order valence-electron chi connectivity index (χ1n) is 7.21. The Morgan fingerprint density at radius 1 is 1.14 bits per heavy atom. The van der Waals surface area contributed by atoms with Crippen LogP contribution in [0.5, 0.6) is 0 Å². The van der Waals surface area contributed by atoms with E-state index in [1.807, 2.05) is 30.3 Å². The maximum atomic E-state index is 12.7. The minimum absolute atomic E-state index is 0.329. The minimum atomic E-state index is -3.44. The van der Waals surface area contributed by atoms with Crippen molar-refractivity contribution in [2.45, 2.75) is 19.4 Å². The fourth-order valence-corrected chi connectivity index (χ4v) is 4.00. The Morgan fingerprint density at radius 2 is 1.95 bits per heavy atom. The third-order valence-corrected chi connectivity index (χ3v) is 5.82. The number of pyridine rings is 1. The van der Waals surface area contributed by atoms with Gasteiger partial charge in [-0.25, -0.2) is 8.42 Å². The van der Waals surface area contributed by atoms with Gasteiger partial charge in [0.1, 0.15) is 0 Å². The molecule has 4 nitrogen and oxygen atoms in total. The van der Waals surface area contributed by atoms with Crippen LogP contribution in [0, 0.1) is 0 Å². The zero-order valence-corrected chi connectivity index (χ0v) is 13.3. The Morgan fingerprint density at radius 3 is 2.73 bits per heavy atom. The second-order valence-corrected chi connectivity index (χ2v) is 7.53. The molecule has 0 amide bonds. The number of aromatic nitrogens is 1. The van der Waals surface area contributed by atoms with E-state index in [-0.39, 0.29) is 0 Å². The third kappa shape index (κ3) is 2.96. The molecule has 0 spiro atoms. The molecule has 5 heteroatoms. The molecule has 22 heavy (non-hydrogen) atoms. The smallest absolute Gasteiger partial charge is 0.239 e. The molecular formula is C17H18N2O2S. The van der Waals surface area contributed by atoms with E-state index < -0.39 is 10.0 Å². The van der Waals surface area contributed by atoms with E-state index in [0.29, 0.717) is 17.9 Å². The summed E-state index contributed by atoms with van der Waals surface area (Å²) < 4.78 is 26.9. The Hall–Kier alpha value is -1.98. The molecule has 0 unspecified atom stereocenters. The number of sulfonamides is 1. The highest BCUT2D eigenvalue weighted by molar-refractivity contribution is 7.93. The Labute approximate surface area is 131 Å². The van der Waals surface area contributed by atoms with Crippen LogP contribution in [0.2, 0.25) is 0 Å². The molecule has 114 valence electrons. The number of fused-ring (bicyclic) bond motifs is 1. The average Bonchev–Trinajstić information content (AvgIpc) is 2.55. The predicted molar refractivity (Wildman–Crippen MR) is 87.4 cm³/mol. The summed E-state index contributed by atoms with van der Waals surface area (Å²) in [6.45, 7) is 0.329. The minimum Gasteiger partial charge on any atom is -0.264 e. The number of nitrogens with zero attached hydrogens (tertiary/aromatic N) is 2. The quantitative estimate of drug-likeness (QED) is 0.872. The summed E-state index contributed by atoms with van der Waals surface area (Å²) in [5.41, 5.74) is 3.09. The summed E-state index contributed by atoms with van der Waals surface area (Å²) in [5.74, 6) is 0. The van der Waals surface area contributed by atoms with Gasteiger partial charge >= 0.3 is 0 Å². The van der Waals surface area contributed by atoms with Gasteiger partial charge < -0.3 is 0 Å². The van der Waals surface area contributed by atoms with E-state index in [0.717, 1.165) is 17.5 Å². The second kappa shape index (κ2) is 6.02. The van der Waals surface area contributed by atoms with Crippen LogP contribution in [0.4, 0.5) is 0 Å². The lowest BCUT2D eigenvalue weighted by Crippen LogP contribution is -2.28. The molecule has 2 aromatic rings. The number of allylic oxidation sites excluding steroid dienone is 1. The summed E-state index contributed by atoms with van der Waals surface area (Å²) in [6.07, 6.45) is 6.49. The fourth-order valence-electron chi connectivity index (χ4n) is 2.64. The number of hydrogen-bond acceptors (Lipinski definition) is 3. The van der Waals surface area contributed by atoms with Gasteiger partial charge in [-0.1, -0.05) is 30.3 Å². The molecule has 0 aliphatic heterocycles. The fraction of sp³-hybridized carbons (Fsp3) is 0.235. The number of hydrogen-bond donors (Lipinski definition) is 0. The molecule has 1 aliphatic rings. The van der Waals surface area contributed by atoms with Gasteiger partial charge in [0.05, 0.1) is 4.91 Å². The van der Waals surface area contributed by atoms with Crippen molar-refractivity contribution in [2.24, 2.45) is 0 Å². The monoisotopic (exact) mass is 314 g/mol. The van der Waals surface area contributed by atoms with Crippen LogP contribution in [-0.2, 0) is 23.0 Å². The molecule has 1 aromatic carbocycles. The van der Waals surface area contributed by atoms with Gasteiger partial charge in [0.15, 0.2) is 0 Å². The molecular weight excluding hydrogens is 296 g/mol.